The molecule has 4 heteroatoms. The topological polar surface area (TPSA) is 32.8 Å². The predicted molar refractivity (Wildman–Crippen MR) is 85.9 cm³/mol. The second kappa shape index (κ2) is 6.06. The molecule has 1 aromatic rings. The van der Waals surface area contributed by atoms with Crippen molar-refractivity contribution in [3.63, 3.8) is 0 Å². The highest BCUT2D eigenvalue weighted by molar-refractivity contribution is 5.90. The van der Waals surface area contributed by atoms with Gasteiger partial charge in [0.05, 0.1) is 5.56 Å². The van der Waals surface area contributed by atoms with E-state index in [9.17, 15) is 4.79 Å². The van der Waals surface area contributed by atoms with Gasteiger partial charge < -0.3 is 14.5 Å². The summed E-state index contributed by atoms with van der Waals surface area (Å²) in [5, 5.41) is 0. The molecular formula is C17H26N2O2. The van der Waals surface area contributed by atoms with E-state index < -0.39 is 5.60 Å². The van der Waals surface area contributed by atoms with Gasteiger partial charge in [0.1, 0.15) is 5.60 Å². The first-order valence-corrected chi connectivity index (χ1v) is 7.51. The molecule has 4 nitrogen and oxygen atoms in total. The Morgan fingerprint density at radius 1 is 1.24 bits per heavy atom. The number of nitrogens with zero attached hydrogens (tertiary/aromatic N) is 2. The molecule has 0 amide bonds. The molecule has 1 unspecified atom stereocenters. The SMILES string of the molecule is CN(C)C1CCN(c2ccc(C(=O)OC(C)(C)C)cc2)C1. The molecule has 21 heavy (non-hydrogen) atoms. The molecule has 1 saturated heterocycles. The second-order valence-corrected chi connectivity index (χ2v) is 6.90. The highest BCUT2D eigenvalue weighted by Crippen LogP contribution is 2.23. The average Bonchev–Trinajstić information content (AvgIpc) is 2.86. The normalized spacial score (nSPS) is 19.1. The van der Waals surface area contributed by atoms with E-state index in [2.05, 4.69) is 23.9 Å². The first-order chi connectivity index (χ1) is 9.76. The average molecular weight is 290 g/mol. The summed E-state index contributed by atoms with van der Waals surface area (Å²) in [6.45, 7) is 7.74. The standard InChI is InChI=1S/C17H26N2O2/c1-17(2,3)21-16(20)13-6-8-14(9-7-13)19-11-10-15(12-19)18(4)5/h6-9,15H,10-12H2,1-5H3. The lowest BCUT2D eigenvalue weighted by atomic mass is 10.1. The fourth-order valence-electron chi connectivity index (χ4n) is 2.54. The van der Waals surface area contributed by atoms with Crippen LogP contribution < -0.4 is 4.90 Å². The molecule has 0 spiro atoms. The molecule has 0 N–H and O–H groups in total. The van der Waals surface area contributed by atoms with Gasteiger partial charge in [-0.05, 0) is 65.6 Å². The van der Waals surface area contributed by atoms with Gasteiger partial charge in [-0.1, -0.05) is 0 Å². The molecule has 1 aliphatic rings. The van der Waals surface area contributed by atoms with E-state index in [1.807, 2.05) is 45.0 Å². The van der Waals surface area contributed by atoms with E-state index in [0.29, 0.717) is 11.6 Å². The summed E-state index contributed by atoms with van der Waals surface area (Å²) in [7, 11) is 4.25. The molecule has 0 radical (unpaired) electrons. The zero-order valence-electron chi connectivity index (χ0n) is 13.7. The number of ether oxygens (including phenoxy) is 1. The first-order valence-electron chi connectivity index (χ1n) is 7.51. The van der Waals surface area contributed by atoms with Crippen molar-refractivity contribution in [1.82, 2.24) is 4.90 Å². The van der Waals surface area contributed by atoms with E-state index in [1.54, 1.807) is 0 Å². The van der Waals surface area contributed by atoms with Crippen molar-refractivity contribution < 1.29 is 9.53 Å². The Labute approximate surface area is 127 Å². The minimum Gasteiger partial charge on any atom is -0.456 e. The number of benzene rings is 1. The Kier molecular flexibility index (Phi) is 4.57. The van der Waals surface area contributed by atoms with Crippen LogP contribution in [0.2, 0.25) is 0 Å². The quantitative estimate of drug-likeness (QED) is 0.801. The van der Waals surface area contributed by atoms with Gasteiger partial charge in [-0.2, -0.15) is 0 Å². The lowest BCUT2D eigenvalue weighted by Gasteiger charge is -2.22. The van der Waals surface area contributed by atoms with Gasteiger partial charge >= 0.3 is 5.97 Å². The van der Waals surface area contributed by atoms with Crippen LogP contribution in [0.4, 0.5) is 5.69 Å². The van der Waals surface area contributed by atoms with Gasteiger partial charge in [0.25, 0.3) is 0 Å². The van der Waals surface area contributed by atoms with E-state index in [1.165, 1.54) is 12.1 Å². The van der Waals surface area contributed by atoms with Crippen LogP contribution in [-0.4, -0.2) is 49.7 Å². The highest BCUT2D eigenvalue weighted by Gasteiger charge is 2.24. The van der Waals surface area contributed by atoms with Gasteiger partial charge in [0.15, 0.2) is 0 Å². The largest absolute Gasteiger partial charge is 0.456 e. The Hall–Kier alpha value is -1.55. The number of hydrogen-bond acceptors (Lipinski definition) is 4. The van der Waals surface area contributed by atoms with Gasteiger partial charge in [-0.25, -0.2) is 4.79 Å². The summed E-state index contributed by atoms with van der Waals surface area (Å²) in [5.74, 6) is -0.262. The second-order valence-electron chi connectivity index (χ2n) is 6.90. The maximum Gasteiger partial charge on any atom is 0.338 e. The first kappa shape index (κ1) is 15.8. The fourth-order valence-corrected chi connectivity index (χ4v) is 2.54. The smallest absolute Gasteiger partial charge is 0.338 e. The van der Waals surface area contributed by atoms with Crippen molar-refractivity contribution in [1.29, 1.82) is 0 Å². The Morgan fingerprint density at radius 2 is 1.86 bits per heavy atom. The summed E-state index contributed by atoms with van der Waals surface area (Å²) in [6, 6.07) is 8.34. The number of hydrogen-bond donors (Lipinski definition) is 0. The van der Waals surface area contributed by atoms with Crippen molar-refractivity contribution >= 4 is 11.7 Å². The molecule has 1 aliphatic heterocycles. The van der Waals surface area contributed by atoms with Crippen molar-refractivity contribution in [3.05, 3.63) is 29.8 Å². The van der Waals surface area contributed by atoms with Crippen LogP contribution in [0.3, 0.4) is 0 Å². The van der Waals surface area contributed by atoms with Gasteiger partial charge in [0.2, 0.25) is 0 Å². The molecule has 1 atom stereocenters. The minimum absolute atomic E-state index is 0.262. The Bertz CT molecular complexity index is 489. The van der Waals surface area contributed by atoms with Crippen molar-refractivity contribution in [2.45, 2.75) is 38.8 Å². The number of likely N-dealkylation sites (N-methyl/N-ethyl adjacent to an activating group) is 1. The van der Waals surface area contributed by atoms with E-state index in [4.69, 9.17) is 4.74 Å². The monoisotopic (exact) mass is 290 g/mol. The van der Waals surface area contributed by atoms with Gasteiger partial charge in [-0.3, -0.25) is 0 Å². The molecular weight excluding hydrogens is 264 g/mol. The molecule has 0 bridgehead atoms. The predicted octanol–water partition coefficient (Wildman–Crippen LogP) is 2.78. The molecule has 2 rings (SSSR count). The van der Waals surface area contributed by atoms with Crippen LogP contribution in [0.15, 0.2) is 24.3 Å². The zero-order chi connectivity index (χ0) is 15.6. The van der Waals surface area contributed by atoms with Gasteiger partial charge in [-0.15, -0.1) is 0 Å². The van der Waals surface area contributed by atoms with Crippen LogP contribution >= 0.6 is 0 Å². The van der Waals surface area contributed by atoms with E-state index in [-0.39, 0.29) is 5.97 Å². The molecule has 0 aromatic heterocycles. The third-order valence-corrected chi connectivity index (χ3v) is 3.76. The van der Waals surface area contributed by atoms with Crippen molar-refractivity contribution in [2.75, 3.05) is 32.1 Å². The Balaban J connectivity index is 2.01. The summed E-state index contributed by atoms with van der Waals surface area (Å²) in [5.41, 5.74) is 1.33. The maximum absolute atomic E-state index is 12.0. The maximum atomic E-state index is 12.0. The van der Waals surface area contributed by atoms with Crippen LogP contribution in [-0.2, 0) is 4.74 Å². The summed E-state index contributed by atoms with van der Waals surface area (Å²) >= 11 is 0. The lowest BCUT2D eigenvalue weighted by Crippen LogP contribution is -2.31. The fraction of sp³-hybridized carbons (Fsp3) is 0.588. The van der Waals surface area contributed by atoms with Crippen molar-refractivity contribution in [2.24, 2.45) is 0 Å². The minimum atomic E-state index is -0.455. The number of carbonyl (C=O) groups excluding carboxylic acids is 1. The number of carbonyl (C=O) groups is 1. The zero-order valence-corrected chi connectivity index (χ0v) is 13.7. The Morgan fingerprint density at radius 3 is 2.33 bits per heavy atom. The van der Waals surface area contributed by atoms with Crippen LogP contribution in [0.25, 0.3) is 0 Å². The summed E-state index contributed by atoms with van der Waals surface area (Å²) in [6.07, 6.45) is 1.18. The third-order valence-electron chi connectivity index (χ3n) is 3.76. The molecule has 1 heterocycles. The summed E-state index contributed by atoms with van der Waals surface area (Å²) < 4.78 is 5.38. The lowest BCUT2D eigenvalue weighted by molar-refractivity contribution is 0.00696. The summed E-state index contributed by atoms with van der Waals surface area (Å²) in [4.78, 5) is 16.6. The number of esters is 1. The molecule has 0 saturated carbocycles. The number of anilines is 1. The van der Waals surface area contributed by atoms with Crippen LogP contribution in [0.5, 0.6) is 0 Å². The number of rotatable bonds is 3. The van der Waals surface area contributed by atoms with Crippen LogP contribution in [0.1, 0.15) is 37.6 Å². The molecule has 1 fully saturated rings. The molecule has 116 valence electrons. The van der Waals surface area contributed by atoms with Crippen molar-refractivity contribution in [3.8, 4) is 0 Å². The third kappa shape index (κ3) is 4.21. The highest BCUT2D eigenvalue weighted by atomic mass is 16.6. The molecule has 1 aromatic carbocycles. The van der Waals surface area contributed by atoms with Gasteiger partial charge in [0, 0.05) is 24.8 Å². The van der Waals surface area contributed by atoms with Crippen LogP contribution in [0, 0.1) is 0 Å². The van der Waals surface area contributed by atoms with E-state index in [0.717, 1.165) is 13.1 Å². The molecule has 0 aliphatic carbocycles. The van der Waals surface area contributed by atoms with E-state index >= 15 is 0 Å².